The molecule has 0 spiro atoms. The largest absolute Gasteiger partial charge is 0.379 e. The van der Waals surface area contributed by atoms with Crippen molar-refractivity contribution in [3.05, 3.63) is 65.2 Å². The van der Waals surface area contributed by atoms with Gasteiger partial charge in [0.15, 0.2) is 0 Å². The van der Waals surface area contributed by atoms with Crippen molar-refractivity contribution in [1.82, 2.24) is 15.1 Å². The number of benzene rings is 2. The molecule has 3 rings (SSSR count). The average Bonchev–Trinajstić information content (AvgIpc) is 2.83. The van der Waals surface area contributed by atoms with Crippen LogP contribution in [0.25, 0.3) is 0 Å². The van der Waals surface area contributed by atoms with E-state index in [4.69, 9.17) is 9.94 Å². The van der Waals surface area contributed by atoms with E-state index in [2.05, 4.69) is 33.6 Å². The summed E-state index contributed by atoms with van der Waals surface area (Å²) >= 11 is 1.28. The molecule has 2 aromatic carbocycles. The van der Waals surface area contributed by atoms with Gasteiger partial charge in [-0.3, -0.25) is 14.9 Å². The van der Waals surface area contributed by atoms with Crippen molar-refractivity contribution >= 4 is 27.7 Å². The Labute approximate surface area is 198 Å². The van der Waals surface area contributed by atoms with E-state index in [1.807, 2.05) is 12.1 Å². The number of nitrogens with zero attached hydrogens (tertiary/aromatic N) is 1. The van der Waals surface area contributed by atoms with Gasteiger partial charge in [-0.2, -0.15) is 16.5 Å². The lowest BCUT2D eigenvalue weighted by atomic mass is 10.1. The lowest BCUT2D eigenvalue weighted by Crippen LogP contribution is -2.47. The summed E-state index contributed by atoms with van der Waals surface area (Å²) in [6, 6.07) is 13.1. The van der Waals surface area contributed by atoms with E-state index >= 15 is 0 Å². The molecule has 0 unspecified atom stereocenters. The van der Waals surface area contributed by atoms with Gasteiger partial charge in [0, 0.05) is 36.5 Å². The predicted molar refractivity (Wildman–Crippen MR) is 127 cm³/mol. The fraction of sp³-hybridized carbons (Fsp3) is 0.348. The minimum absolute atomic E-state index is 0.0114. The Kier molecular flexibility index (Phi) is 9.31. The summed E-state index contributed by atoms with van der Waals surface area (Å²) in [7, 11) is -3.93. The lowest BCUT2D eigenvalue weighted by molar-refractivity contribution is -0.130. The van der Waals surface area contributed by atoms with Gasteiger partial charge in [0.25, 0.3) is 5.91 Å². The van der Waals surface area contributed by atoms with E-state index in [-0.39, 0.29) is 10.6 Å². The fourth-order valence-corrected chi connectivity index (χ4v) is 5.10. The second-order valence-corrected chi connectivity index (χ2v) is 10.1. The number of hydroxylamine groups is 1. The molecule has 0 saturated carbocycles. The number of amides is 1. The molecule has 1 aliphatic rings. The maximum absolute atomic E-state index is 12.6. The first-order valence-corrected chi connectivity index (χ1v) is 13.3. The molecular weight excluding hydrogens is 462 g/mol. The molecule has 8 nitrogen and oxygen atoms in total. The van der Waals surface area contributed by atoms with Crippen molar-refractivity contribution < 1.29 is 23.2 Å². The Balaban J connectivity index is 1.63. The Hall–Kier alpha value is -2.39. The topological polar surface area (TPSA) is 108 Å². The zero-order valence-corrected chi connectivity index (χ0v) is 19.9. The van der Waals surface area contributed by atoms with Gasteiger partial charge in [-0.25, -0.2) is 13.9 Å². The standard InChI is InChI=1S/C23H27N3O5S2/c1-32-17-22(23(27)24-28)25-33(29,30)21-10-8-19(9-11-21)3-2-18-4-6-20(7-5-18)16-26-12-14-31-15-13-26/h4-11,22,25,28H,12-17H2,1H3,(H,24,27)/t22-/m0/s1. The van der Waals surface area contributed by atoms with E-state index in [0.717, 1.165) is 38.4 Å². The number of rotatable bonds is 8. The number of hydrogen-bond acceptors (Lipinski definition) is 7. The summed E-state index contributed by atoms with van der Waals surface area (Å²) in [6.45, 7) is 4.32. The Morgan fingerprint density at radius 2 is 1.67 bits per heavy atom. The third kappa shape index (κ3) is 7.57. The van der Waals surface area contributed by atoms with Crippen molar-refractivity contribution in [3.8, 4) is 11.8 Å². The molecule has 3 N–H and O–H groups in total. The summed E-state index contributed by atoms with van der Waals surface area (Å²) in [4.78, 5) is 14.0. The van der Waals surface area contributed by atoms with Gasteiger partial charge < -0.3 is 4.74 Å². The van der Waals surface area contributed by atoms with Gasteiger partial charge in [-0.15, -0.1) is 0 Å². The molecule has 1 aliphatic heterocycles. The van der Waals surface area contributed by atoms with Crippen LogP contribution < -0.4 is 10.2 Å². The summed E-state index contributed by atoms with van der Waals surface area (Å²) in [6.07, 6.45) is 1.73. The maximum Gasteiger partial charge on any atom is 0.262 e. The van der Waals surface area contributed by atoms with Gasteiger partial charge in [0.2, 0.25) is 10.0 Å². The molecule has 0 radical (unpaired) electrons. The summed E-state index contributed by atoms with van der Waals surface area (Å²) in [5.74, 6) is 5.49. The number of carbonyl (C=O) groups is 1. The molecule has 1 heterocycles. The summed E-state index contributed by atoms with van der Waals surface area (Å²) in [5.41, 5.74) is 4.24. The van der Waals surface area contributed by atoms with Crippen LogP contribution in [0.15, 0.2) is 53.4 Å². The first kappa shape index (κ1) is 25.2. The van der Waals surface area contributed by atoms with E-state index in [1.54, 1.807) is 18.4 Å². The van der Waals surface area contributed by atoms with Crippen molar-refractivity contribution in [1.29, 1.82) is 0 Å². The van der Waals surface area contributed by atoms with Gasteiger partial charge in [-0.05, 0) is 48.2 Å². The number of thioether (sulfide) groups is 1. The SMILES string of the molecule is CSC[C@H](NS(=O)(=O)c1ccc(C#Cc2ccc(CN3CCOCC3)cc2)cc1)C(=O)NO. The highest BCUT2D eigenvalue weighted by molar-refractivity contribution is 7.98. The zero-order valence-electron chi connectivity index (χ0n) is 18.3. The van der Waals surface area contributed by atoms with E-state index in [1.165, 1.54) is 34.9 Å². The highest BCUT2D eigenvalue weighted by atomic mass is 32.2. The number of carbonyl (C=O) groups excluding carboxylic acids is 1. The average molecular weight is 490 g/mol. The van der Waals surface area contributed by atoms with Crippen molar-refractivity contribution in [2.24, 2.45) is 0 Å². The third-order valence-electron chi connectivity index (χ3n) is 5.04. The first-order valence-electron chi connectivity index (χ1n) is 10.4. The third-order valence-corrected chi connectivity index (χ3v) is 7.19. The second kappa shape index (κ2) is 12.2. The van der Waals surface area contributed by atoms with Gasteiger partial charge >= 0.3 is 0 Å². The van der Waals surface area contributed by atoms with Crippen LogP contribution in [-0.2, 0) is 26.1 Å². The van der Waals surface area contributed by atoms with Gasteiger partial charge in [0.1, 0.15) is 6.04 Å². The van der Waals surface area contributed by atoms with Crippen LogP contribution in [0.2, 0.25) is 0 Å². The van der Waals surface area contributed by atoms with Crippen LogP contribution in [-0.4, -0.2) is 68.8 Å². The highest BCUT2D eigenvalue weighted by Gasteiger charge is 2.25. The van der Waals surface area contributed by atoms with E-state index in [9.17, 15) is 13.2 Å². The van der Waals surface area contributed by atoms with Crippen molar-refractivity contribution in [2.75, 3.05) is 38.3 Å². The Morgan fingerprint density at radius 3 is 2.21 bits per heavy atom. The van der Waals surface area contributed by atoms with Crippen LogP contribution in [0, 0.1) is 11.8 Å². The van der Waals surface area contributed by atoms with Crippen molar-refractivity contribution in [3.63, 3.8) is 0 Å². The van der Waals surface area contributed by atoms with Crippen LogP contribution >= 0.6 is 11.8 Å². The highest BCUT2D eigenvalue weighted by Crippen LogP contribution is 2.13. The summed E-state index contributed by atoms with van der Waals surface area (Å²) < 4.78 is 32.8. The van der Waals surface area contributed by atoms with Crippen LogP contribution in [0.3, 0.4) is 0 Å². The fourth-order valence-electron chi connectivity index (χ4n) is 3.24. The van der Waals surface area contributed by atoms with E-state index in [0.29, 0.717) is 5.56 Å². The number of hydrogen-bond donors (Lipinski definition) is 3. The van der Waals surface area contributed by atoms with Gasteiger partial charge in [0.05, 0.1) is 18.1 Å². The minimum Gasteiger partial charge on any atom is -0.379 e. The molecule has 1 amide bonds. The lowest BCUT2D eigenvalue weighted by Gasteiger charge is -2.26. The molecule has 176 valence electrons. The molecule has 2 aromatic rings. The normalized spacial score (nSPS) is 15.3. The molecule has 1 fully saturated rings. The van der Waals surface area contributed by atoms with Crippen LogP contribution in [0.1, 0.15) is 16.7 Å². The van der Waals surface area contributed by atoms with Gasteiger partial charge in [-0.1, -0.05) is 24.0 Å². The van der Waals surface area contributed by atoms with Crippen LogP contribution in [0.4, 0.5) is 0 Å². The molecule has 1 saturated heterocycles. The molecular formula is C23H27N3O5S2. The number of ether oxygens (including phenoxy) is 1. The molecule has 33 heavy (non-hydrogen) atoms. The smallest absolute Gasteiger partial charge is 0.262 e. The maximum atomic E-state index is 12.6. The zero-order chi connectivity index (χ0) is 23.7. The minimum atomic E-state index is -3.93. The molecule has 0 aliphatic carbocycles. The molecule has 0 bridgehead atoms. The second-order valence-electron chi connectivity index (χ2n) is 7.47. The first-order chi connectivity index (χ1) is 15.9. The molecule has 10 heteroatoms. The number of nitrogens with one attached hydrogen (secondary N) is 2. The Morgan fingerprint density at radius 1 is 1.09 bits per heavy atom. The molecule has 0 aromatic heterocycles. The molecule has 1 atom stereocenters. The quantitative estimate of drug-likeness (QED) is 0.293. The van der Waals surface area contributed by atoms with Crippen LogP contribution in [0.5, 0.6) is 0 Å². The predicted octanol–water partition coefficient (Wildman–Crippen LogP) is 1.43. The number of morpholine rings is 1. The van der Waals surface area contributed by atoms with E-state index < -0.39 is 22.0 Å². The monoisotopic (exact) mass is 489 g/mol. The van der Waals surface area contributed by atoms with Crippen molar-refractivity contribution in [2.45, 2.75) is 17.5 Å². The number of sulfonamides is 1. The Bertz CT molecular complexity index is 1090. The summed E-state index contributed by atoms with van der Waals surface area (Å²) in [5, 5.41) is 8.81.